The molecule has 1 nitrogen and oxygen atoms in total. The molecular weight excluding hydrogens is 737 g/mol. The Morgan fingerprint density at radius 2 is 0.678 bits per heavy atom. The summed E-state index contributed by atoms with van der Waals surface area (Å²) >= 11 is 0. The van der Waals surface area contributed by atoms with Crippen molar-refractivity contribution in [1.29, 1.82) is 0 Å². The van der Waals surface area contributed by atoms with Crippen LogP contribution < -0.4 is 15.7 Å². The summed E-state index contributed by atoms with van der Waals surface area (Å²) in [6, 6.07) is 55.5. The summed E-state index contributed by atoms with van der Waals surface area (Å²) in [7, 11) is 0. The number of benzene rings is 8. The second-order valence-electron chi connectivity index (χ2n) is 13.8. The molecule has 0 aromatic heterocycles. The minimum atomic E-state index is -0.298. The van der Waals surface area contributed by atoms with Crippen molar-refractivity contribution in [3.63, 3.8) is 0 Å². The molecule has 0 saturated carbocycles. The first-order valence-corrected chi connectivity index (χ1v) is 18.2. The highest BCUT2D eigenvalue weighted by Crippen LogP contribution is 2.46. The number of rotatable bonds is 4. The van der Waals surface area contributed by atoms with Crippen LogP contribution in [0.15, 0.2) is 182 Å². The largest absolute Gasteiger partial charge is 0.376 e. The molecule has 8 aromatic carbocycles. The lowest BCUT2D eigenvalue weighted by atomic mass is 9.43. The zero-order valence-electron chi connectivity index (χ0n) is 29.6. The van der Waals surface area contributed by atoms with Crippen LogP contribution in [-0.2, 0) is 6.42 Å². The maximum atomic E-state index is 14.3. The summed E-state index contributed by atoms with van der Waals surface area (Å²) < 4.78 is 56.5. The van der Waals surface area contributed by atoms with Gasteiger partial charge in [-0.25, -0.2) is 17.6 Å². The Labute approximate surface area is 347 Å². The van der Waals surface area contributed by atoms with Gasteiger partial charge in [-0.2, -0.15) is 0 Å². The Balaban J connectivity index is 0.000000210. The summed E-state index contributed by atoms with van der Waals surface area (Å²) in [5.74, 6) is -1.17. The third-order valence-corrected chi connectivity index (χ3v) is 10.5. The number of anilines is 2. The average Bonchev–Trinajstić information content (AvgIpc) is 3.21. The van der Waals surface area contributed by atoms with Gasteiger partial charge in [0.2, 0.25) is 0 Å². The highest BCUT2D eigenvalue weighted by molar-refractivity contribution is 6.92. The third kappa shape index (κ3) is 8.22. The van der Waals surface area contributed by atoms with E-state index >= 15 is 0 Å². The van der Waals surface area contributed by atoms with Crippen molar-refractivity contribution >= 4 is 29.1 Å². The topological polar surface area (TPSA) is 3.24 Å². The van der Waals surface area contributed by atoms with Gasteiger partial charge in [0.1, 0.15) is 23.3 Å². The second kappa shape index (κ2) is 18.3. The number of nitrogens with zero attached hydrogens (tertiary/aromatic N) is 1. The summed E-state index contributed by atoms with van der Waals surface area (Å²) in [4.78, 5) is 2.08. The first-order chi connectivity index (χ1) is 26.9. The van der Waals surface area contributed by atoms with Crippen LogP contribution in [0.4, 0.5) is 28.9 Å². The molecule has 59 heavy (non-hydrogen) atoms. The third-order valence-electron chi connectivity index (χ3n) is 10.5. The van der Waals surface area contributed by atoms with Crippen LogP contribution in [0.25, 0.3) is 44.5 Å². The Morgan fingerprint density at radius 1 is 0.339 bits per heavy atom. The van der Waals surface area contributed by atoms with Gasteiger partial charge < -0.3 is 4.81 Å². The van der Waals surface area contributed by atoms with E-state index < -0.39 is 0 Å². The van der Waals surface area contributed by atoms with Gasteiger partial charge >= 0.3 is 6.85 Å². The van der Waals surface area contributed by atoms with Gasteiger partial charge in [0.15, 0.2) is 0 Å². The van der Waals surface area contributed by atoms with E-state index in [1.165, 1.54) is 24.3 Å². The van der Waals surface area contributed by atoms with E-state index in [9.17, 15) is 17.6 Å². The normalized spacial score (nSPS) is 11.2. The van der Waals surface area contributed by atoms with Crippen LogP contribution in [0.2, 0.25) is 0 Å². The van der Waals surface area contributed by atoms with Crippen LogP contribution in [-0.4, -0.2) is 6.85 Å². The fourth-order valence-corrected chi connectivity index (χ4v) is 8.10. The lowest BCUT2D eigenvalue weighted by Gasteiger charge is -2.43. The molecule has 296 valence electrons. The van der Waals surface area contributed by atoms with Crippen molar-refractivity contribution in [2.75, 3.05) is 4.81 Å². The molecular formula is C53H48BF4N. The van der Waals surface area contributed by atoms with Crippen molar-refractivity contribution in [1.82, 2.24) is 0 Å². The second-order valence-corrected chi connectivity index (χ2v) is 13.8. The molecule has 6 heteroatoms. The molecule has 0 spiro atoms. The number of halogens is 4. The van der Waals surface area contributed by atoms with E-state index in [2.05, 4.69) is 29.1 Å². The molecule has 10 rings (SSSR count). The van der Waals surface area contributed by atoms with Gasteiger partial charge in [0.05, 0.1) is 0 Å². The van der Waals surface area contributed by atoms with E-state index in [1.807, 2.05) is 97.1 Å². The van der Waals surface area contributed by atoms with Gasteiger partial charge in [-0.15, -0.1) is 0 Å². The minimum absolute atomic E-state index is 0. The fourth-order valence-electron chi connectivity index (χ4n) is 8.10. The highest BCUT2D eigenvalue weighted by atomic mass is 19.1. The molecule has 0 aliphatic carbocycles. The van der Waals surface area contributed by atoms with E-state index in [0.717, 1.165) is 77.9 Å². The molecule has 0 atom stereocenters. The Hall–Kier alpha value is -6.66. The van der Waals surface area contributed by atoms with Crippen LogP contribution in [0.3, 0.4) is 0 Å². The van der Waals surface area contributed by atoms with Gasteiger partial charge in [0, 0.05) is 22.5 Å². The standard InChI is InChI=1S/C25H18F2.C24H14BF2N.4CH4/c26-22-11-13-24(18-7-3-1-4-8-18)20(16-22)15-21-17-23(27)12-14-25(21)19-9-5-2-6-10-19;26-15-9-11-19-17-5-1-3-7-21(17)25-22-8-4-2-6-18(22)20-12-10-16(27)14-24(20)28(25)23(19)13-15;;;;/h1-14,16-17H,15H2;1-14H;4*1H4. The van der Waals surface area contributed by atoms with Gasteiger partial charge in [-0.1, -0.05) is 151 Å². The molecule has 0 bridgehead atoms. The quantitative estimate of drug-likeness (QED) is 0.127. The smallest absolute Gasteiger partial charge is 0.329 e. The van der Waals surface area contributed by atoms with E-state index in [0.29, 0.717) is 6.42 Å². The summed E-state index contributed by atoms with van der Waals surface area (Å²) in [6.07, 6.45) is 0.448. The van der Waals surface area contributed by atoms with Gasteiger partial charge in [0.25, 0.3) is 0 Å². The molecule has 8 aromatic rings. The molecule has 0 fully saturated rings. The van der Waals surface area contributed by atoms with Gasteiger partial charge in [-0.05, 0) is 123 Å². The van der Waals surface area contributed by atoms with Crippen LogP contribution in [0.5, 0.6) is 0 Å². The van der Waals surface area contributed by atoms with Crippen molar-refractivity contribution in [2.24, 2.45) is 0 Å². The summed E-state index contributed by atoms with van der Waals surface area (Å²) in [5, 5.41) is 0. The predicted octanol–water partition coefficient (Wildman–Crippen LogP) is 14.3. The van der Waals surface area contributed by atoms with Gasteiger partial charge in [-0.3, -0.25) is 0 Å². The van der Waals surface area contributed by atoms with Crippen molar-refractivity contribution < 1.29 is 17.6 Å². The maximum absolute atomic E-state index is 14.3. The first-order valence-electron chi connectivity index (χ1n) is 18.2. The Bertz CT molecular complexity index is 2510. The molecule has 0 radical (unpaired) electrons. The zero-order chi connectivity index (χ0) is 37.5. The van der Waals surface area contributed by atoms with Crippen LogP contribution in [0.1, 0.15) is 40.8 Å². The van der Waals surface area contributed by atoms with Crippen LogP contribution in [0, 0.1) is 23.3 Å². The van der Waals surface area contributed by atoms with E-state index in [4.69, 9.17) is 0 Å². The lowest BCUT2D eigenvalue weighted by molar-refractivity contribution is 0.624. The van der Waals surface area contributed by atoms with E-state index in [1.54, 1.807) is 36.4 Å². The summed E-state index contributed by atoms with van der Waals surface area (Å²) in [5.41, 5.74) is 13.6. The lowest BCUT2D eigenvalue weighted by Crippen LogP contribution is -2.59. The molecule has 0 N–H and O–H groups in total. The SMILES string of the molecule is C.C.C.C.Fc1ccc(-c2ccccc2)c(Cc2cc(F)ccc2-c2ccccc2)c1.Fc1ccc2c(c1)N1B(c3ccccc3-2)c2ccccc2-c2ccc(F)cc21. The Kier molecular flexibility index (Phi) is 13.5. The monoisotopic (exact) mass is 785 g/mol. The first kappa shape index (κ1) is 43.5. The summed E-state index contributed by atoms with van der Waals surface area (Å²) in [6.45, 7) is -0.129. The average molecular weight is 786 g/mol. The van der Waals surface area contributed by atoms with E-state index in [-0.39, 0.29) is 59.8 Å². The minimum Gasteiger partial charge on any atom is -0.376 e. The Morgan fingerprint density at radius 3 is 1.08 bits per heavy atom. The highest BCUT2D eigenvalue weighted by Gasteiger charge is 2.42. The molecule has 2 heterocycles. The number of hydrogen-bond donors (Lipinski definition) is 0. The van der Waals surface area contributed by atoms with Crippen molar-refractivity contribution in [3.05, 3.63) is 216 Å². The number of fused-ring (bicyclic) bond motifs is 11. The molecule has 0 saturated heterocycles. The molecule has 0 amide bonds. The molecule has 2 aliphatic rings. The van der Waals surface area contributed by atoms with Crippen molar-refractivity contribution in [3.8, 4) is 44.5 Å². The zero-order valence-corrected chi connectivity index (χ0v) is 29.6. The number of hydrogen-bond acceptors (Lipinski definition) is 1. The fraction of sp³-hybridized carbons (Fsp3) is 0.0943. The van der Waals surface area contributed by atoms with Crippen molar-refractivity contribution in [2.45, 2.75) is 36.1 Å². The predicted molar refractivity (Wildman–Crippen MR) is 244 cm³/mol. The van der Waals surface area contributed by atoms with Crippen LogP contribution >= 0.6 is 0 Å². The molecule has 2 aliphatic heterocycles. The maximum Gasteiger partial charge on any atom is 0.329 e. The molecule has 0 unspecified atom stereocenters.